The van der Waals surface area contributed by atoms with Gasteiger partial charge in [0.05, 0.1) is 11.0 Å². The smallest absolute Gasteiger partial charge is 0.240 e. The molecule has 24 heavy (non-hydrogen) atoms. The summed E-state index contributed by atoms with van der Waals surface area (Å²) in [5.41, 5.74) is 0.760. The average molecular weight is 349 g/mol. The molecule has 128 valence electrons. The highest BCUT2D eigenvalue weighted by atomic mass is 32.2. The van der Waals surface area contributed by atoms with Crippen LogP contribution in [-0.2, 0) is 10.0 Å². The maximum atomic E-state index is 12.3. The van der Waals surface area contributed by atoms with E-state index in [1.807, 2.05) is 18.2 Å². The van der Waals surface area contributed by atoms with Crippen molar-refractivity contribution in [3.8, 4) is 11.5 Å². The van der Waals surface area contributed by atoms with Crippen LogP contribution in [0.3, 0.4) is 0 Å². The summed E-state index contributed by atoms with van der Waals surface area (Å²) < 4.78 is 38.0. The number of aliphatic hydroxyl groups excluding tert-OH is 1. The first-order chi connectivity index (χ1) is 11.6. The number of rotatable bonds is 6. The van der Waals surface area contributed by atoms with Gasteiger partial charge in [0, 0.05) is 12.6 Å². The van der Waals surface area contributed by atoms with Crippen LogP contribution >= 0.6 is 0 Å². The number of hydrogen-bond acceptors (Lipinski definition) is 5. The lowest BCUT2D eigenvalue weighted by molar-refractivity contribution is 0.169. The van der Waals surface area contributed by atoms with E-state index in [-0.39, 0.29) is 17.9 Å². The van der Waals surface area contributed by atoms with E-state index in [1.54, 1.807) is 18.2 Å². The summed E-state index contributed by atoms with van der Waals surface area (Å²) in [6.45, 7) is 0.981. The van der Waals surface area contributed by atoms with Crippen molar-refractivity contribution in [1.29, 1.82) is 0 Å². The van der Waals surface area contributed by atoms with Crippen LogP contribution in [0.5, 0.6) is 11.5 Å². The third-order valence-corrected chi connectivity index (χ3v) is 5.18. The minimum absolute atomic E-state index is 0.112. The SMILES string of the molecule is O=S(=O)(NCCC(O)c1ccccc1)c1ccc2c(c1)OCCO2. The first-order valence-corrected chi connectivity index (χ1v) is 9.17. The zero-order chi connectivity index (χ0) is 17.0. The molecule has 0 radical (unpaired) electrons. The summed E-state index contributed by atoms with van der Waals surface area (Å²) in [6.07, 6.45) is -0.428. The second-order valence-electron chi connectivity index (χ2n) is 5.42. The van der Waals surface area contributed by atoms with Gasteiger partial charge in [-0.05, 0) is 24.1 Å². The molecule has 2 aromatic carbocycles. The Balaban J connectivity index is 1.62. The summed E-state index contributed by atoms with van der Waals surface area (Å²) in [4.78, 5) is 0.112. The largest absolute Gasteiger partial charge is 0.486 e. The van der Waals surface area contributed by atoms with Crippen LogP contribution in [0.4, 0.5) is 0 Å². The van der Waals surface area contributed by atoms with Gasteiger partial charge >= 0.3 is 0 Å². The second kappa shape index (κ2) is 7.21. The number of benzene rings is 2. The molecule has 0 saturated heterocycles. The van der Waals surface area contributed by atoms with E-state index in [0.717, 1.165) is 5.56 Å². The van der Waals surface area contributed by atoms with Gasteiger partial charge in [-0.1, -0.05) is 30.3 Å². The van der Waals surface area contributed by atoms with Crippen LogP contribution < -0.4 is 14.2 Å². The van der Waals surface area contributed by atoms with Crippen molar-refractivity contribution in [1.82, 2.24) is 4.72 Å². The predicted molar refractivity (Wildman–Crippen MR) is 88.6 cm³/mol. The average Bonchev–Trinajstić information content (AvgIpc) is 2.62. The van der Waals surface area contributed by atoms with Gasteiger partial charge in [0.25, 0.3) is 0 Å². The highest BCUT2D eigenvalue weighted by Gasteiger charge is 2.19. The fourth-order valence-corrected chi connectivity index (χ4v) is 3.51. The molecule has 1 aliphatic rings. The maximum Gasteiger partial charge on any atom is 0.240 e. The summed E-state index contributed by atoms with van der Waals surface area (Å²) in [6, 6.07) is 13.6. The van der Waals surface area contributed by atoms with Crippen LogP contribution in [0.1, 0.15) is 18.1 Å². The Morgan fingerprint density at radius 3 is 2.50 bits per heavy atom. The monoisotopic (exact) mass is 349 g/mol. The molecule has 6 nitrogen and oxygen atoms in total. The Bertz CT molecular complexity index is 792. The zero-order valence-electron chi connectivity index (χ0n) is 13.0. The Morgan fingerprint density at radius 2 is 1.75 bits per heavy atom. The number of fused-ring (bicyclic) bond motifs is 1. The van der Waals surface area contributed by atoms with E-state index in [4.69, 9.17) is 9.47 Å². The lowest BCUT2D eigenvalue weighted by Crippen LogP contribution is -2.26. The zero-order valence-corrected chi connectivity index (χ0v) is 13.8. The molecule has 1 atom stereocenters. The first kappa shape index (κ1) is 16.8. The lowest BCUT2D eigenvalue weighted by Gasteiger charge is -2.19. The fraction of sp³-hybridized carbons (Fsp3) is 0.294. The van der Waals surface area contributed by atoms with Gasteiger partial charge in [0.15, 0.2) is 11.5 Å². The van der Waals surface area contributed by atoms with Crippen LogP contribution in [0.25, 0.3) is 0 Å². The van der Waals surface area contributed by atoms with Crippen LogP contribution in [-0.4, -0.2) is 33.3 Å². The summed E-state index contributed by atoms with van der Waals surface area (Å²) >= 11 is 0. The summed E-state index contributed by atoms with van der Waals surface area (Å²) in [5.74, 6) is 0.966. The molecule has 0 aliphatic carbocycles. The Kier molecular flexibility index (Phi) is 5.03. The highest BCUT2D eigenvalue weighted by molar-refractivity contribution is 7.89. The molecular weight excluding hydrogens is 330 g/mol. The van der Waals surface area contributed by atoms with Gasteiger partial charge in [-0.2, -0.15) is 0 Å². The van der Waals surface area contributed by atoms with Gasteiger partial charge < -0.3 is 14.6 Å². The lowest BCUT2D eigenvalue weighted by atomic mass is 10.1. The summed E-state index contributed by atoms with van der Waals surface area (Å²) in [7, 11) is -3.67. The normalized spacial score (nSPS) is 15.0. The molecule has 0 spiro atoms. The molecule has 1 unspecified atom stereocenters. The van der Waals surface area contributed by atoms with Gasteiger partial charge in [-0.3, -0.25) is 0 Å². The van der Waals surface area contributed by atoms with Gasteiger partial charge in [0.1, 0.15) is 13.2 Å². The molecule has 2 N–H and O–H groups in total. The number of aliphatic hydroxyl groups is 1. The molecule has 0 bridgehead atoms. The molecule has 3 rings (SSSR count). The third-order valence-electron chi connectivity index (χ3n) is 3.72. The minimum atomic E-state index is -3.67. The van der Waals surface area contributed by atoms with E-state index >= 15 is 0 Å². The summed E-state index contributed by atoms with van der Waals surface area (Å²) in [5, 5.41) is 10.1. The predicted octanol–water partition coefficient (Wildman–Crippen LogP) is 1.86. The highest BCUT2D eigenvalue weighted by Crippen LogP contribution is 2.32. The van der Waals surface area contributed by atoms with Crippen molar-refractivity contribution < 1.29 is 23.0 Å². The van der Waals surface area contributed by atoms with Crippen molar-refractivity contribution in [3.63, 3.8) is 0 Å². The van der Waals surface area contributed by atoms with Gasteiger partial charge in [0.2, 0.25) is 10.0 Å². The van der Waals surface area contributed by atoms with Gasteiger partial charge in [-0.25, -0.2) is 13.1 Å². The topological polar surface area (TPSA) is 84.9 Å². The molecular formula is C17H19NO5S. The van der Waals surface area contributed by atoms with Crippen LogP contribution in [0.2, 0.25) is 0 Å². The first-order valence-electron chi connectivity index (χ1n) is 7.68. The number of nitrogens with one attached hydrogen (secondary N) is 1. The molecule has 1 heterocycles. The van der Waals surface area contributed by atoms with Crippen LogP contribution in [0.15, 0.2) is 53.4 Å². The molecule has 0 saturated carbocycles. The number of hydrogen-bond donors (Lipinski definition) is 2. The number of sulfonamides is 1. The van der Waals surface area contributed by atoms with E-state index < -0.39 is 16.1 Å². The quantitative estimate of drug-likeness (QED) is 0.831. The minimum Gasteiger partial charge on any atom is -0.486 e. The molecule has 2 aromatic rings. The van der Waals surface area contributed by atoms with E-state index in [9.17, 15) is 13.5 Å². The van der Waals surface area contributed by atoms with Crippen molar-refractivity contribution in [2.75, 3.05) is 19.8 Å². The van der Waals surface area contributed by atoms with Crippen molar-refractivity contribution in [2.24, 2.45) is 0 Å². The van der Waals surface area contributed by atoms with Crippen molar-refractivity contribution >= 4 is 10.0 Å². The molecule has 0 amide bonds. The van der Waals surface area contributed by atoms with Crippen LogP contribution in [0, 0.1) is 0 Å². The molecule has 0 aromatic heterocycles. The molecule has 1 aliphatic heterocycles. The number of ether oxygens (including phenoxy) is 2. The Hall–Kier alpha value is -2.09. The maximum absolute atomic E-state index is 12.3. The fourth-order valence-electron chi connectivity index (χ4n) is 2.45. The standard InChI is InChI=1S/C17H19NO5S/c19-15(13-4-2-1-3-5-13)8-9-18-24(20,21)14-6-7-16-17(12-14)23-11-10-22-16/h1-7,12,15,18-19H,8-11H2. The molecule has 7 heteroatoms. The molecule has 0 fully saturated rings. The van der Waals surface area contributed by atoms with Crippen molar-refractivity contribution in [3.05, 3.63) is 54.1 Å². The third kappa shape index (κ3) is 3.87. The Morgan fingerprint density at radius 1 is 1.04 bits per heavy atom. The van der Waals surface area contributed by atoms with E-state index in [1.165, 1.54) is 12.1 Å². The Labute approximate surface area is 141 Å². The second-order valence-corrected chi connectivity index (χ2v) is 7.19. The van der Waals surface area contributed by atoms with E-state index in [2.05, 4.69) is 4.72 Å². The van der Waals surface area contributed by atoms with Crippen molar-refractivity contribution in [2.45, 2.75) is 17.4 Å². The van der Waals surface area contributed by atoms with E-state index in [0.29, 0.717) is 24.7 Å². The van der Waals surface area contributed by atoms with Gasteiger partial charge in [-0.15, -0.1) is 0 Å².